The number of anilines is 1. The number of amides is 1. The first kappa shape index (κ1) is 23.2. The minimum Gasteiger partial charge on any atom is -0.338 e. The van der Waals surface area contributed by atoms with Gasteiger partial charge in [0.25, 0.3) is 0 Å². The average Bonchev–Trinajstić information content (AvgIpc) is 3.24. The van der Waals surface area contributed by atoms with Crippen molar-refractivity contribution in [1.29, 1.82) is 0 Å². The summed E-state index contributed by atoms with van der Waals surface area (Å²) >= 11 is 0. The first-order valence-electron chi connectivity index (χ1n) is 11.7. The summed E-state index contributed by atoms with van der Waals surface area (Å²) in [5.41, 5.74) is 5.44. The summed E-state index contributed by atoms with van der Waals surface area (Å²) in [5.74, 6) is 1.22. The molecule has 33 heavy (non-hydrogen) atoms. The van der Waals surface area contributed by atoms with Gasteiger partial charge in [0, 0.05) is 17.8 Å². The van der Waals surface area contributed by atoms with Crippen LogP contribution in [0.1, 0.15) is 56.2 Å². The maximum absolute atomic E-state index is 12.9. The minimum absolute atomic E-state index is 0.0500. The van der Waals surface area contributed by atoms with E-state index in [1.54, 1.807) is 0 Å². The molecule has 1 saturated heterocycles. The van der Waals surface area contributed by atoms with Crippen LogP contribution in [0.25, 0.3) is 11.4 Å². The molecule has 0 radical (unpaired) electrons. The Morgan fingerprint density at radius 3 is 2.64 bits per heavy atom. The second-order valence-corrected chi connectivity index (χ2v) is 10.2. The Hall–Kier alpha value is -2.99. The monoisotopic (exact) mass is 446 g/mol. The summed E-state index contributed by atoms with van der Waals surface area (Å²) in [6.07, 6.45) is 1.86. The fourth-order valence-electron chi connectivity index (χ4n) is 4.27. The zero-order valence-electron chi connectivity index (χ0n) is 20.3. The summed E-state index contributed by atoms with van der Waals surface area (Å²) in [4.78, 5) is 19.8. The number of nitrogens with zero attached hydrogens (tertiary/aromatic N) is 3. The van der Waals surface area contributed by atoms with E-state index in [9.17, 15) is 4.79 Å². The van der Waals surface area contributed by atoms with Crippen LogP contribution in [0.2, 0.25) is 0 Å². The predicted octanol–water partition coefficient (Wildman–Crippen LogP) is 5.50. The van der Waals surface area contributed by atoms with E-state index in [0.717, 1.165) is 41.8 Å². The molecule has 1 N–H and O–H groups in total. The van der Waals surface area contributed by atoms with E-state index < -0.39 is 0 Å². The SMILES string of the molecule is Cc1ccc(C)c(NC(=O)C2CCCN(Cc3nc(-c4ccc(C(C)(C)C)cc4)no3)C2)c1. The molecule has 2 aromatic carbocycles. The van der Waals surface area contributed by atoms with Crippen molar-refractivity contribution >= 4 is 11.6 Å². The lowest BCUT2D eigenvalue weighted by Gasteiger charge is -2.31. The zero-order chi connectivity index (χ0) is 23.6. The summed E-state index contributed by atoms with van der Waals surface area (Å²) in [7, 11) is 0. The van der Waals surface area contributed by atoms with Crippen molar-refractivity contribution in [3.63, 3.8) is 0 Å². The fraction of sp³-hybridized carbons (Fsp3) is 0.444. The Bertz CT molecular complexity index is 1110. The van der Waals surface area contributed by atoms with Gasteiger partial charge in [0.2, 0.25) is 17.6 Å². The molecule has 1 fully saturated rings. The van der Waals surface area contributed by atoms with Crippen molar-refractivity contribution in [2.75, 3.05) is 18.4 Å². The molecule has 0 spiro atoms. The predicted molar refractivity (Wildman–Crippen MR) is 131 cm³/mol. The lowest BCUT2D eigenvalue weighted by molar-refractivity contribution is -0.121. The number of aromatic nitrogens is 2. The van der Waals surface area contributed by atoms with Gasteiger partial charge >= 0.3 is 0 Å². The lowest BCUT2D eigenvalue weighted by Crippen LogP contribution is -2.40. The number of rotatable bonds is 5. The molecule has 1 amide bonds. The number of piperidine rings is 1. The molecule has 0 aliphatic carbocycles. The highest BCUT2D eigenvalue weighted by atomic mass is 16.5. The van der Waals surface area contributed by atoms with Crippen LogP contribution in [-0.2, 0) is 16.8 Å². The topological polar surface area (TPSA) is 71.3 Å². The van der Waals surface area contributed by atoms with Gasteiger partial charge in [-0.05, 0) is 61.4 Å². The second-order valence-electron chi connectivity index (χ2n) is 10.2. The van der Waals surface area contributed by atoms with Crippen LogP contribution >= 0.6 is 0 Å². The Morgan fingerprint density at radius 2 is 1.91 bits per heavy atom. The summed E-state index contributed by atoms with van der Waals surface area (Å²) in [6, 6.07) is 14.5. The Balaban J connectivity index is 1.37. The molecule has 1 unspecified atom stereocenters. The molecular formula is C27H34N4O2. The molecule has 6 heteroatoms. The molecule has 0 bridgehead atoms. The van der Waals surface area contributed by atoms with E-state index in [1.165, 1.54) is 5.56 Å². The van der Waals surface area contributed by atoms with Crippen LogP contribution in [0.15, 0.2) is 47.0 Å². The summed E-state index contributed by atoms with van der Waals surface area (Å²) < 4.78 is 5.54. The Morgan fingerprint density at radius 1 is 1.15 bits per heavy atom. The highest BCUT2D eigenvalue weighted by Gasteiger charge is 2.27. The highest BCUT2D eigenvalue weighted by Crippen LogP contribution is 2.26. The first-order chi connectivity index (χ1) is 15.7. The minimum atomic E-state index is -0.0500. The van der Waals surface area contributed by atoms with Gasteiger partial charge in [-0.3, -0.25) is 9.69 Å². The number of benzene rings is 2. The van der Waals surface area contributed by atoms with Crippen molar-refractivity contribution in [3.8, 4) is 11.4 Å². The molecule has 0 saturated carbocycles. The van der Waals surface area contributed by atoms with Crippen LogP contribution in [0.3, 0.4) is 0 Å². The van der Waals surface area contributed by atoms with Gasteiger partial charge in [0.1, 0.15) is 0 Å². The van der Waals surface area contributed by atoms with Gasteiger partial charge in [-0.2, -0.15) is 4.98 Å². The van der Waals surface area contributed by atoms with Crippen molar-refractivity contribution in [2.45, 2.75) is 59.4 Å². The van der Waals surface area contributed by atoms with Crippen molar-refractivity contribution in [3.05, 3.63) is 65.0 Å². The van der Waals surface area contributed by atoms with E-state index in [2.05, 4.69) is 59.3 Å². The first-order valence-corrected chi connectivity index (χ1v) is 11.7. The fourth-order valence-corrected chi connectivity index (χ4v) is 4.27. The van der Waals surface area contributed by atoms with Gasteiger partial charge in [-0.25, -0.2) is 0 Å². The number of carbonyl (C=O) groups excluding carboxylic acids is 1. The molecule has 4 rings (SSSR count). The number of carbonyl (C=O) groups is 1. The van der Waals surface area contributed by atoms with E-state index in [1.807, 2.05) is 38.1 Å². The standard InChI is InChI=1S/C27H34N4O2/c1-18-8-9-19(2)23(15-18)28-26(32)21-7-6-14-31(16-21)17-24-29-25(30-33-24)20-10-12-22(13-11-20)27(3,4)5/h8-13,15,21H,6-7,14,16-17H2,1-5H3,(H,28,32). The third kappa shape index (κ3) is 5.69. The highest BCUT2D eigenvalue weighted by molar-refractivity contribution is 5.93. The van der Waals surface area contributed by atoms with E-state index in [0.29, 0.717) is 24.8 Å². The van der Waals surface area contributed by atoms with Gasteiger partial charge < -0.3 is 9.84 Å². The van der Waals surface area contributed by atoms with Gasteiger partial charge in [-0.15, -0.1) is 0 Å². The molecule has 2 heterocycles. The Labute approximate surface area is 196 Å². The molecular weight excluding hydrogens is 412 g/mol. The normalized spacial score (nSPS) is 17.2. The Kier molecular flexibility index (Phi) is 6.66. The largest absolute Gasteiger partial charge is 0.338 e. The third-order valence-electron chi connectivity index (χ3n) is 6.36. The quantitative estimate of drug-likeness (QED) is 0.560. The lowest BCUT2D eigenvalue weighted by atomic mass is 9.87. The van der Waals surface area contributed by atoms with Crippen molar-refractivity contribution < 1.29 is 9.32 Å². The van der Waals surface area contributed by atoms with Crippen LogP contribution in [-0.4, -0.2) is 34.0 Å². The number of aryl methyl sites for hydroxylation is 2. The number of hydrogen-bond donors (Lipinski definition) is 1. The van der Waals surface area contributed by atoms with Gasteiger partial charge in [0.05, 0.1) is 12.5 Å². The molecule has 1 aliphatic heterocycles. The van der Waals surface area contributed by atoms with Crippen molar-refractivity contribution in [2.24, 2.45) is 5.92 Å². The maximum atomic E-state index is 12.9. The number of nitrogens with one attached hydrogen (secondary N) is 1. The average molecular weight is 447 g/mol. The van der Waals surface area contributed by atoms with Crippen LogP contribution < -0.4 is 5.32 Å². The van der Waals surface area contributed by atoms with Crippen molar-refractivity contribution in [1.82, 2.24) is 15.0 Å². The van der Waals surface area contributed by atoms with Gasteiger partial charge in [-0.1, -0.05) is 62.3 Å². The van der Waals surface area contributed by atoms with Crippen LogP contribution in [0, 0.1) is 19.8 Å². The molecule has 1 aromatic heterocycles. The summed E-state index contributed by atoms with van der Waals surface area (Å²) in [6.45, 7) is 12.8. The molecule has 1 aliphatic rings. The van der Waals surface area contributed by atoms with Crippen LogP contribution in [0.4, 0.5) is 5.69 Å². The summed E-state index contributed by atoms with van der Waals surface area (Å²) in [5, 5.41) is 7.31. The number of likely N-dealkylation sites (tertiary alicyclic amines) is 1. The van der Waals surface area contributed by atoms with Crippen LogP contribution in [0.5, 0.6) is 0 Å². The third-order valence-corrected chi connectivity index (χ3v) is 6.36. The zero-order valence-corrected chi connectivity index (χ0v) is 20.3. The molecule has 174 valence electrons. The smallest absolute Gasteiger partial charge is 0.241 e. The molecule has 3 aromatic rings. The van der Waals surface area contributed by atoms with Gasteiger partial charge in [0.15, 0.2) is 0 Å². The molecule has 1 atom stereocenters. The molecule has 6 nitrogen and oxygen atoms in total. The van der Waals surface area contributed by atoms with E-state index in [-0.39, 0.29) is 17.2 Å². The number of hydrogen-bond acceptors (Lipinski definition) is 5. The van der Waals surface area contributed by atoms with E-state index in [4.69, 9.17) is 4.52 Å². The van der Waals surface area contributed by atoms with E-state index >= 15 is 0 Å². The second kappa shape index (κ2) is 9.48. The maximum Gasteiger partial charge on any atom is 0.241 e.